The van der Waals surface area contributed by atoms with Crippen molar-refractivity contribution in [3.63, 3.8) is 0 Å². The second-order valence-corrected chi connectivity index (χ2v) is 4.74. The number of hydrogen-bond donors (Lipinski definition) is 0. The van der Waals surface area contributed by atoms with E-state index in [1.807, 2.05) is 36.4 Å². The van der Waals surface area contributed by atoms with Gasteiger partial charge in [-0.1, -0.05) is 23.7 Å². The van der Waals surface area contributed by atoms with E-state index in [1.165, 1.54) is 5.56 Å². The largest absolute Gasteiger partial charge is 0.493 e. The van der Waals surface area contributed by atoms with Crippen molar-refractivity contribution in [2.45, 2.75) is 13.3 Å². The molecule has 2 rings (SSSR count). The lowest BCUT2D eigenvalue weighted by atomic mass is 10.1. The van der Waals surface area contributed by atoms with E-state index >= 15 is 0 Å². The molecular weight excluding hydrogens is 260 g/mol. The number of carbonyl (C=O) groups is 1. The number of benzene rings is 2. The van der Waals surface area contributed by atoms with Crippen LogP contribution in [0.3, 0.4) is 0 Å². The van der Waals surface area contributed by atoms with Crippen molar-refractivity contribution in [3.8, 4) is 5.75 Å². The second-order valence-electron chi connectivity index (χ2n) is 4.31. The van der Waals surface area contributed by atoms with Gasteiger partial charge >= 0.3 is 0 Å². The number of hydrogen-bond acceptors (Lipinski definition) is 2. The summed E-state index contributed by atoms with van der Waals surface area (Å²) in [5.41, 5.74) is 1.88. The highest BCUT2D eigenvalue weighted by molar-refractivity contribution is 6.30. The predicted octanol–water partition coefficient (Wildman–Crippen LogP) is 4.16. The van der Waals surface area contributed by atoms with Gasteiger partial charge in [-0.15, -0.1) is 0 Å². The Bertz CT molecular complexity index is 544. The lowest BCUT2D eigenvalue weighted by Gasteiger charge is -2.06. The minimum Gasteiger partial charge on any atom is -0.493 e. The molecule has 0 aliphatic carbocycles. The molecule has 0 aliphatic heterocycles. The van der Waals surface area contributed by atoms with E-state index in [4.69, 9.17) is 16.3 Å². The van der Waals surface area contributed by atoms with Gasteiger partial charge in [0, 0.05) is 17.0 Å². The van der Waals surface area contributed by atoms with Crippen LogP contribution in [0.4, 0.5) is 0 Å². The molecule has 0 fully saturated rings. The first-order valence-electron chi connectivity index (χ1n) is 6.13. The van der Waals surface area contributed by atoms with E-state index in [0.717, 1.165) is 17.2 Å². The van der Waals surface area contributed by atoms with E-state index in [2.05, 4.69) is 0 Å². The highest BCUT2D eigenvalue weighted by Crippen LogP contribution is 2.14. The van der Waals surface area contributed by atoms with Gasteiger partial charge in [0.05, 0.1) is 6.61 Å². The smallest absolute Gasteiger partial charge is 0.159 e. The molecule has 0 N–H and O–H groups in total. The van der Waals surface area contributed by atoms with Gasteiger partial charge in [0.1, 0.15) is 5.75 Å². The van der Waals surface area contributed by atoms with Crippen LogP contribution in [0.15, 0.2) is 48.5 Å². The molecule has 0 bridgehead atoms. The van der Waals surface area contributed by atoms with Crippen LogP contribution in [-0.4, -0.2) is 12.4 Å². The molecule has 2 nitrogen and oxygen atoms in total. The minimum atomic E-state index is 0.0627. The Morgan fingerprint density at radius 2 is 1.68 bits per heavy atom. The molecule has 0 unspecified atom stereocenters. The maximum Gasteiger partial charge on any atom is 0.159 e. The minimum absolute atomic E-state index is 0.0627. The number of rotatable bonds is 5. The fourth-order valence-corrected chi connectivity index (χ4v) is 1.85. The average molecular weight is 275 g/mol. The molecule has 0 amide bonds. The lowest BCUT2D eigenvalue weighted by molar-refractivity contribution is 0.101. The molecular formula is C16H15ClO2. The van der Waals surface area contributed by atoms with Gasteiger partial charge in [0.25, 0.3) is 0 Å². The summed E-state index contributed by atoms with van der Waals surface area (Å²) < 4.78 is 5.63. The van der Waals surface area contributed by atoms with Crippen LogP contribution >= 0.6 is 11.6 Å². The normalized spacial score (nSPS) is 10.2. The number of ether oxygens (including phenoxy) is 1. The molecule has 0 saturated carbocycles. The summed E-state index contributed by atoms with van der Waals surface area (Å²) in [6.07, 6.45) is 0.825. The number of Topliss-reactive ketones (excluding diaryl/α,β-unsaturated/α-hetero) is 1. The van der Waals surface area contributed by atoms with Crippen molar-refractivity contribution < 1.29 is 9.53 Å². The highest BCUT2D eigenvalue weighted by Gasteiger charge is 2.00. The van der Waals surface area contributed by atoms with E-state index in [9.17, 15) is 4.79 Å². The Labute approximate surface area is 118 Å². The molecule has 19 heavy (non-hydrogen) atoms. The van der Waals surface area contributed by atoms with Crippen LogP contribution in [0.1, 0.15) is 22.8 Å². The SMILES string of the molecule is CC(=O)c1ccc(OCCc2ccc(Cl)cc2)cc1. The third-order valence-corrected chi connectivity index (χ3v) is 3.09. The topological polar surface area (TPSA) is 26.3 Å². The summed E-state index contributed by atoms with van der Waals surface area (Å²) in [5.74, 6) is 0.840. The van der Waals surface area contributed by atoms with Crippen molar-refractivity contribution in [3.05, 3.63) is 64.7 Å². The predicted molar refractivity (Wildman–Crippen MR) is 77.1 cm³/mol. The van der Waals surface area contributed by atoms with Crippen molar-refractivity contribution in [2.75, 3.05) is 6.61 Å². The molecule has 0 spiro atoms. The van der Waals surface area contributed by atoms with E-state index in [0.29, 0.717) is 12.2 Å². The number of carbonyl (C=O) groups excluding carboxylic acids is 1. The molecule has 98 valence electrons. The molecule has 0 atom stereocenters. The van der Waals surface area contributed by atoms with E-state index in [-0.39, 0.29) is 5.78 Å². The molecule has 0 heterocycles. The first-order valence-corrected chi connectivity index (χ1v) is 6.51. The molecule has 3 heteroatoms. The average Bonchev–Trinajstić information content (AvgIpc) is 2.41. The van der Waals surface area contributed by atoms with Gasteiger partial charge < -0.3 is 4.74 Å². The zero-order chi connectivity index (χ0) is 13.7. The highest BCUT2D eigenvalue weighted by atomic mass is 35.5. The van der Waals surface area contributed by atoms with Crippen molar-refractivity contribution >= 4 is 17.4 Å². The molecule has 2 aromatic carbocycles. The van der Waals surface area contributed by atoms with Crippen LogP contribution in [0, 0.1) is 0 Å². The number of halogens is 1. The van der Waals surface area contributed by atoms with Crippen molar-refractivity contribution in [1.29, 1.82) is 0 Å². The van der Waals surface area contributed by atoms with Crippen LogP contribution in [0.25, 0.3) is 0 Å². The third kappa shape index (κ3) is 4.11. The summed E-state index contributed by atoms with van der Waals surface area (Å²) in [4.78, 5) is 11.1. The Morgan fingerprint density at radius 3 is 2.26 bits per heavy atom. The van der Waals surface area contributed by atoms with Crippen LogP contribution in [0.5, 0.6) is 5.75 Å². The first kappa shape index (κ1) is 13.6. The molecule has 0 aromatic heterocycles. The zero-order valence-corrected chi connectivity index (χ0v) is 11.5. The zero-order valence-electron chi connectivity index (χ0n) is 10.7. The van der Waals surface area contributed by atoms with Gasteiger partial charge in [-0.25, -0.2) is 0 Å². The first-order chi connectivity index (χ1) is 9.15. The molecule has 0 aliphatic rings. The van der Waals surface area contributed by atoms with Gasteiger partial charge in [0.15, 0.2) is 5.78 Å². The van der Waals surface area contributed by atoms with Crippen molar-refractivity contribution in [2.24, 2.45) is 0 Å². The van der Waals surface area contributed by atoms with Gasteiger partial charge in [-0.2, -0.15) is 0 Å². The Balaban J connectivity index is 1.85. The Morgan fingerprint density at radius 1 is 1.05 bits per heavy atom. The Kier molecular flexibility index (Phi) is 4.58. The summed E-state index contributed by atoms with van der Waals surface area (Å²) in [6.45, 7) is 2.15. The third-order valence-electron chi connectivity index (χ3n) is 2.83. The second kappa shape index (κ2) is 6.39. The monoisotopic (exact) mass is 274 g/mol. The summed E-state index contributed by atoms with van der Waals surface area (Å²) in [5, 5.41) is 0.740. The van der Waals surface area contributed by atoms with Crippen LogP contribution in [0.2, 0.25) is 5.02 Å². The summed E-state index contributed by atoms with van der Waals surface area (Å²) >= 11 is 5.82. The van der Waals surface area contributed by atoms with E-state index in [1.54, 1.807) is 19.1 Å². The quantitative estimate of drug-likeness (QED) is 0.765. The standard InChI is InChI=1S/C16H15ClO2/c1-12(18)14-4-8-16(9-5-14)19-11-10-13-2-6-15(17)7-3-13/h2-9H,10-11H2,1H3. The van der Waals surface area contributed by atoms with Gasteiger partial charge in [-0.3, -0.25) is 4.79 Å². The van der Waals surface area contributed by atoms with Crippen LogP contribution < -0.4 is 4.74 Å². The van der Waals surface area contributed by atoms with Gasteiger partial charge in [0.2, 0.25) is 0 Å². The fraction of sp³-hybridized carbons (Fsp3) is 0.188. The van der Waals surface area contributed by atoms with Crippen molar-refractivity contribution in [1.82, 2.24) is 0 Å². The maximum absolute atomic E-state index is 11.1. The summed E-state index contributed by atoms with van der Waals surface area (Å²) in [7, 11) is 0. The van der Waals surface area contributed by atoms with Crippen LogP contribution in [-0.2, 0) is 6.42 Å². The lowest BCUT2D eigenvalue weighted by Crippen LogP contribution is -2.01. The number of ketones is 1. The van der Waals surface area contributed by atoms with Gasteiger partial charge in [-0.05, 0) is 48.9 Å². The molecule has 0 saturated heterocycles. The fourth-order valence-electron chi connectivity index (χ4n) is 1.72. The summed E-state index contributed by atoms with van der Waals surface area (Å²) in [6, 6.07) is 14.9. The Hall–Kier alpha value is -1.80. The maximum atomic E-state index is 11.1. The molecule has 2 aromatic rings. The molecule has 0 radical (unpaired) electrons. The van der Waals surface area contributed by atoms with E-state index < -0.39 is 0 Å².